The van der Waals surface area contributed by atoms with Gasteiger partial charge in [0.05, 0.1) is 17.8 Å². The van der Waals surface area contributed by atoms with E-state index in [9.17, 15) is 4.79 Å². The number of hydrogen-bond acceptors (Lipinski definition) is 4. The van der Waals surface area contributed by atoms with Crippen molar-refractivity contribution in [3.05, 3.63) is 46.4 Å². The van der Waals surface area contributed by atoms with E-state index >= 15 is 0 Å². The van der Waals surface area contributed by atoms with Crippen molar-refractivity contribution in [2.24, 2.45) is 7.05 Å². The molecular weight excluding hydrogens is 424 g/mol. The van der Waals surface area contributed by atoms with Gasteiger partial charge in [0.2, 0.25) is 5.91 Å². The third-order valence-corrected chi connectivity index (χ3v) is 6.26. The molecule has 172 valence electrons. The van der Waals surface area contributed by atoms with Gasteiger partial charge in [-0.15, -0.1) is 0 Å². The van der Waals surface area contributed by atoms with Crippen LogP contribution in [0.25, 0.3) is 11.1 Å². The van der Waals surface area contributed by atoms with Crippen LogP contribution in [0.2, 0.25) is 5.02 Å². The van der Waals surface area contributed by atoms with Crippen LogP contribution in [-0.2, 0) is 18.3 Å². The quantitative estimate of drug-likeness (QED) is 0.535. The molecule has 0 spiro atoms. The lowest BCUT2D eigenvalue weighted by molar-refractivity contribution is -0.128. The van der Waals surface area contributed by atoms with Crippen LogP contribution in [0, 0.1) is 5.41 Å². The van der Waals surface area contributed by atoms with Crippen molar-refractivity contribution in [1.82, 2.24) is 20.0 Å². The molecule has 7 nitrogen and oxygen atoms in total. The first-order valence-corrected chi connectivity index (χ1v) is 11.6. The SMILES string of the molecule is CC.CNC1=C(C(=N)N2CCCc3cc(-c4cnn(C)c4)c(Cl)cc32)CN(C(C)=O)CC1. The molecule has 0 bridgehead atoms. The first-order chi connectivity index (χ1) is 15.4. The zero-order valence-corrected chi connectivity index (χ0v) is 20.4. The summed E-state index contributed by atoms with van der Waals surface area (Å²) in [5.74, 6) is 0.482. The number of halogens is 1. The molecule has 4 rings (SSSR count). The molecule has 8 heteroatoms. The summed E-state index contributed by atoms with van der Waals surface area (Å²) in [4.78, 5) is 15.8. The van der Waals surface area contributed by atoms with Crippen molar-refractivity contribution in [2.45, 2.75) is 40.0 Å². The van der Waals surface area contributed by atoms with Gasteiger partial charge in [-0.2, -0.15) is 5.10 Å². The number of anilines is 1. The number of rotatable bonds is 3. The van der Waals surface area contributed by atoms with E-state index in [1.54, 1.807) is 16.5 Å². The number of nitrogens with one attached hydrogen (secondary N) is 2. The fourth-order valence-electron chi connectivity index (χ4n) is 4.31. The normalized spacial score (nSPS) is 15.7. The molecule has 2 aliphatic heterocycles. The van der Waals surface area contributed by atoms with Gasteiger partial charge in [-0.3, -0.25) is 14.9 Å². The maximum absolute atomic E-state index is 11.9. The van der Waals surface area contributed by atoms with Crippen LogP contribution in [-0.4, -0.2) is 53.1 Å². The Morgan fingerprint density at radius 2 is 1.97 bits per heavy atom. The third-order valence-electron chi connectivity index (χ3n) is 5.95. The second-order valence-electron chi connectivity index (χ2n) is 7.86. The number of aryl methyl sites for hydroxylation is 2. The predicted octanol–water partition coefficient (Wildman–Crippen LogP) is 4.22. The van der Waals surface area contributed by atoms with Gasteiger partial charge in [-0.25, -0.2) is 0 Å². The number of fused-ring (bicyclic) bond motifs is 1. The molecule has 0 fully saturated rings. The Labute approximate surface area is 195 Å². The Balaban J connectivity index is 0.00000141. The molecule has 0 aliphatic carbocycles. The average molecular weight is 457 g/mol. The minimum absolute atomic E-state index is 0.0404. The number of aromatic nitrogens is 2. The summed E-state index contributed by atoms with van der Waals surface area (Å²) >= 11 is 6.67. The van der Waals surface area contributed by atoms with Gasteiger partial charge in [0.25, 0.3) is 0 Å². The van der Waals surface area contributed by atoms with Gasteiger partial charge < -0.3 is 15.1 Å². The summed E-state index contributed by atoms with van der Waals surface area (Å²) in [6.07, 6.45) is 6.41. The van der Waals surface area contributed by atoms with Crippen molar-refractivity contribution in [2.75, 3.05) is 31.6 Å². The van der Waals surface area contributed by atoms with Gasteiger partial charge in [0.15, 0.2) is 0 Å². The molecule has 0 unspecified atom stereocenters. The summed E-state index contributed by atoms with van der Waals surface area (Å²) in [6, 6.07) is 4.10. The van der Waals surface area contributed by atoms with Crippen LogP contribution in [0.4, 0.5) is 5.69 Å². The van der Waals surface area contributed by atoms with Crippen molar-refractivity contribution in [3.63, 3.8) is 0 Å². The molecule has 2 N–H and O–H groups in total. The molecule has 0 saturated heterocycles. The summed E-state index contributed by atoms with van der Waals surface area (Å²) < 4.78 is 1.77. The summed E-state index contributed by atoms with van der Waals surface area (Å²) in [5.41, 5.74) is 6.02. The van der Waals surface area contributed by atoms with E-state index in [1.807, 2.05) is 51.3 Å². The average Bonchev–Trinajstić information content (AvgIpc) is 3.24. The molecule has 3 heterocycles. The zero-order valence-electron chi connectivity index (χ0n) is 19.6. The largest absolute Gasteiger partial charge is 0.391 e. The number of benzene rings is 1. The topological polar surface area (TPSA) is 77.2 Å². The molecule has 0 radical (unpaired) electrons. The van der Waals surface area contributed by atoms with E-state index in [0.717, 1.165) is 53.9 Å². The van der Waals surface area contributed by atoms with E-state index in [-0.39, 0.29) is 5.91 Å². The van der Waals surface area contributed by atoms with Crippen LogP contribution >= 0.6 is 11.6 Å². The van der Waals surface area contributed by atoms with Crippen LogP contribution in [0.15, 0.2) is 35.8 Å². The molecule has 0 atom stereocenters. The van der Waals surface area contributed by atoms with Crippen LogP contribution in [0.1, 0.15) is 39.2 Å². The van der Waals surface area contributed by atoms with E-state index in [0.29, 0.717) is 23.9 Å². The number of carbonyl (C=O) groups is 1. The smallest absolute Gasteiger partial charge is 0.219 e. The summed E-state index contributed by atoms with van der Waals surface area (Å²) in [7, 11) is 3.77. The van der Waals surface area contributed by atoms with E-state index in [4.69, 9.17) is 17.0 Å². The Kier molecular flexibility index (Phi) is 7.61. The monoisotopic (exact) mass is 456 g/mol. The number of hydrogen-bond donors (Lipinski definition) is 2. The molecule has 2 aromatic rings. The lowest BCUT2D eigenvalue weighted by atomic mass is 9.95. The lowest BCUT2D eigenvalue weighted by Crippen LogP contribution is -2.44. The van der Waals surface area contributed by atoms with Crippen molar-refractivity contribution in [1.29, 1.82) is 5.41 Å². The number of amidine groups is 1. The van der Waals surface area contributed by atoms with Gasteiger partial charge in [-0.1, -0.05) is 25.4 Å². The summed E-state index contributed by atoms with van der Waals surface area (Å²) in [6.45, 7) is 7.48. The first kappa shape index (κ1) is 23.9. The van der Waals surface area contributed by atoms with E-state index in [2.05, 4.69) is 16.5 Å². The molecule has 1 amide bonds. The maximum Gasteiger partial charge on any atom is 0.219 e. The number of amides is 1. The lowest BCUT2D eigenvalue weighted by Gasteiger charge is -2.37. The van der Waals surface area contributed by atoms with Gasteiger partial charge in [0, 0.05) is 74.8 Å². The van der Waals surface area contributed by atoms with Crippen molar-refractivity contribution >= 4 is 29.0 Å². The van der Waals surface area contributed by atoms with E-state index in [1.165, 1.54) is 5.56 Å². The second-order valence-corrected chi connectivity index (χ2v) is 8.27. The minimum Gasteiger partial charge on any atom is -0.391 e. The highest BCUT2D eigenvalue weighted by Gasteiger charge is 2.29. The second kappa shape index (κ2) is 10.2. The third kappa shape index (κ3) is 4.67. The zero-order chi connectivity index (χ0) is 23.4. The molecule has 1 aromatic carbocycles. The number of nitrogens with zero attached hydrogens (tertiary/aromatic N) is 4. The van der Waals surface area contributed by atoms with Gasteiger partial charge >= 0.3 is 0 Å². The highest BCUT2D eigenvalue weighted by molar-refractivity contribution is 6.33. The van der Waals surface area contributed by atoms with E-state index < -0.39 is 0 Å². The molecule has 0 saturated carbocycles. The van der Waals surface area contributed by atoms with Crippen LogP contribution in [0.5, 0.6) is 0 Å². The maximum atomic E-state index is 11.9. The van der Waals surface area contributed by atoms with Crippen molar-refractivity contribution < 1.29 is 4.79 Å². The Morgan fingerprint density at radius 3 is 2.59 bits per heavy atom. The van der Waals surface area contributed by atoms with Gasteiger partial charge in [0.1, 0.15) is 5.84 Å². The minimum atomic E-state index is 0.0404. The fourth-order valence-corrected chi connectivity index (χ4v) is 4.58. The van der Waals surface area contributed by atoms with Crippen LogP contribution < -0.4 is 10.2 Å². The molecule has 32 heavy (non-hydrogen) atoms. The number of carbonyl (C=O) groups excluding carboxylic acids is 1. The van der Waals surface area contributed by atoms with Crippen LogP contribution in [0.3, 0.4) is 0 Å². The Morgan fingerprint density at radius 1 is 1.22 bits per heavy atom. The van der Waals surface area contributed by atoms with Gasteiger partial charge in [-0.05, 0) is 30.5 Å². The molecular formula is C24H33ClN6O. The highest BCUT2D eigenvalue weighted by Crippen LogP contribution is 2.38. The first-order valence-electron chi connectivity index (χ1n) is 11.2. The Hall–Kier alpha value is -2.80. The standard InChI is InChI=1S/C22H27ClN6O.C2H6/c1-14(30)28-8-6-20(25-2)18(13-28)22(24)29-7-4-5-15-9-17(19(23)10-21(15)29)16-11-26-27(3)12-16;1-2/h9-12,24-25H,4-8,13H2,1-3H3;1-2H3. The van der Waals surface area contributed by atoms with Crippen molar-refractivity contribution in [3.8, 4) is 11.1 Å². The summed E-state index contributed by atoms with van der Waals surface area (Å²) in [5, 5.41) is 17.1. The molecule has 1 aromatic heterocycles. The highest BCUT2D eigenvalue weighted by atomic mass is 35.5. The molecule has 2 aliphatic rings. The Bertz CT molecular complexity index is 1040. The predicted molar refractivity (Wildman–Crippen MR) is 131 cm³/mol. The fraction of sp³-hybridized carbons (Fsp3) is 0.458.